The maximum atomic E-state index is 11.4. The summed E-state index contributed by atoms with van der Waals surface area (Å²) >= 11 is 0. The first-order valence-electron chi connectivity index (χ1n) is 5.45. The summed E-state index contributed by atoms with van der Waals surface area (Å²) in [5.41, 5.74) is 5.84. The van der Waals surface area contributed by atoms with Crippen LogP contribution in [-0.2, 0) is 16.1 Å². The number of aliphatic hydroxyl groups is 1. The molecule has 0 aliphatic carbocycles. The van der Waals surface area contributed by atoms with Crippen molar-refractivity contribution in [2.24, 2.45) is 5.73 Å². The summed E-state index contributed by atoms with van der Waals surface area (Å²) in [6.45, 7) is 1.44. The van der Waals surface area contributed by atoms with Gasteiger partial charge in [-0.05, 0) is 12.5 Å². The fourth-order valence-corrected chi connectivity index (χ4v) is 1.32. The number of primary amides is 1. The normalized spacial score (nSPS) is 13.4. The topological polar surface area (TPSA) is 102 Å². The number of hydrogen-bond acceptors (Lipinski definition) is 4. The van der Waals surface area contributed by atoms with Gasteiger partial charge in [0.1, 0.15) is 12.6 Å². The molecule has 4 N–H and O–H groups in total. The molecule has 1 aromatic rings. The first kappa shape index (κ1) is 14.0. The fourth-order valence-electron chi connectivity index (χ4n) is 1.32. The standard InChI is InChI=1S/C12H16N2O4/c1-8(15)10(11(13)16)14-12(17)18-7-9-5-3-2-4-6-9/h2-6,8,10,15H,7H2,1H3,(H2,13,16)(H,14,17)/t8-,10-/m1/s1. The summed E-state index contributed by atoms with van der Waals surface area (Å²) in [7, 11) is 0. The molecule has 1 rings (SSSR count). The average molecular weight is 252 g/mol. The highest BCUT2D eigenvalue weighted by Gasteiger charge is 2.23. The smallest absolute Gasteiger partial charge is 0.408 e. The molecule has 0 aromatic heterocycles. The fraction of sp³-hybridized carbons (Fsp3) is 0.333. The van der Waals surface area contributed by atoms with Crippen molar-refractivity contribution in [1.29, 1.82) is 0 Å². The lowest BCUT2D eigenvalue weighted by atomic mass is 10.2. The molecule has 0 radical (unpaired) electrons. The van der Waals surface area contributed by atoms with E-state index in [9.17, 15) is 14.7 Å². The molecular formula is C12H16N2O4. The molecule has 18 heavy (non-hydrogen) atoms. The van der Waals surface area contributed by atoms with E-state index in [0.717, 1.165) is 5.56 Å². The van der Waals surface area contributed by atoms with Crippen LogP contribution in [0.4, 0.5) is 4.79 Å². The zero-order valence-corrected chi connectivity index (χ0v) is 10.00. The van der Waals surface area contributed by atoms with Crippen LogP contribution in [-0.4, -0.2) is 29.3 Å². The number of rotatable bonds is 5. The Morgan fingerprint density at radius 3 is 2.50 bits per heavy atom. The number of ether oxygens (including phenoxy) is 1. The van der Waals surface area contributed by atoms with E-state index in [1.807, 2.05) is 18.2 Å². The van der Waals surface area contributed by atoms with E-state index >= 15 is 0 Å². The first-order chi connectivity index (χ1) is 8.50. The van der Waals surface area contributed by atoms with Crippen LogP contribution in [0.1, 0.15) is 12.5 Å². The molecule has 6 heteroatoms. The van der Waals surface area contributed by atoms with Gasteiger partial charge in [-0.25, -0.2) is 4.79 Å². The maximum absolute atomic E-state index is 11.4. The number of alkyl carbamates (subject to hydrolysis) is 1. The van der Waals surface area contributed by atoms with Gasteiger partial charge in [0.15, 0.2) is 0 Å². The van der Waals surface area contributed by atoms with Crippen molar-refractivity contribution in [3.05, 3.63) is 35.9 Å². The molecule has 0 aliphatic heterocycles. The Balaban J connectivity index is 2.44. The van der Waals surface area contributed by atoms with E-state index in [1.54, 1.807) is 12.1 Å². The largest absolute Gasteiger partial charge is 0.445 e. The number of nitrogens with two attached hydrogens (primary N) is 1. The SMILES string of the molecule is C[C@@H](O)[C@@H](NC(=O)OCc1ccccc1)C(N)=O. The second-order valence-corrected chi connectivity index (χ2v) is 3.83. The van der Waals surface area contributed by atoms with Crippen molar-refractivity contribution >= 4 is 12.0 Å². The van der Waals surface area contributed by atoms with Gasteiger partial charge in [0.25, 0.3) is 0 Å². The van der Waals surface area contributed by atoms with Gasteiger partial charge < -0.3 is 20.9 Å². The highest BCUT2D eigenvalue weighted by atomic mass is 16.5. The van der Waals surface area contributed by atoms with Crippen LogP contribution < -0.4 is 11.1 Å². The molecule has 0 fully saturated rings. The molecule has 2 amide bonds. The number of amides is 2. The number of aliphatic hydroxyl groups excluding tert-OH is 1. The van der Waals surface area contributed by atoms with Crippen molar-refractivity contribution < 1.29 is 19.4 Å². The molecule has 0 saturated carbocycles. The predicted octanol–water partition coefficient (Wildman–Crippen LogP) is 0.148. The van der Waals surface area contributed by atoms with E-state index in [-0.39, 0.29) is 6.61 Å². The Kier molecular flexibility index (Phi) is 5.13. The lowest BCUT2D eigenvalue weighted by molar-refractivity contribution is -0.122. The van der Waals surface area contributed by atoms with E-state index < -0.39 is 24.1 Å². The molecular weight excluding hydrogens is 236 g/mol. The Morgan fingerprint density at radius 2 is 2.00 bits per heavy atom. The van der Waals surface area contributed by atoms with Crippen LogP contribution in [0.3, 0.4) is 0 Å². The molecule has 6 nitrogen and oxygen atoms in total. The number of benzene rings is 1. The third-order valence-corrected chi connectivity index (χ3v) is 2.28. The lowest BCUT2D eigenvalue weighted by Crippen LogP contribution is -2.50. The lowest BCUT2D eigenvalue weighted by Gasteiger charge is -2.17. The number of carbonyl (C=O) groups is 2. The summed E-state index contributed by atoms with van der Waals surface area (Å²) in [6.07, 6.45) is -1.88. The quantitative estimate of drug-likeness (QED) is 0.694. The summed E-state index contributed by atoms with van der Waals surface area (Å²) in [6, 6.07) is 7.92. The van der Waals surface area contributed by atoms with Gasteiger partial charge in [-0.3, -0.25) is 4.79 Å². The van der Waals surface area contributed by atoms with E-state index in [2.05, 4.69) is 5.32 Å². The minimum absolute atomic E-state index is 0.0813. The summed E-state index contributed by atoms with van der Waals surface area (Å²) in [5, 5.41) is 11.4. The predicted molar refractivity (Wildman–Crippen MR) is 64.4 cm³/mol. The van der Waals surface area contributed by atoms with Crippen LogP contribution >= 0.6 is 0 Å². The molecule has 0 heterocycles. The highest BCUT2D eigenvalue weighted by Crippen LogP contribution is 2.01. The van der Waals surface area contributed by atoms with Crippen LogP contribution in [0, 0.1) is 0 Å². The van der Waals surface area contributed by atoms with Crippen LogP contribution in [0.5, 0.6) is 0 Å². The van der Waals surface area contributed by atoms with Gasteiger partial charge in [0.2, 0.25) is 5.91 Å². The van der Waals surface area contributed by atoms with Crippen molar-refractivity contribution in [2.75, 3.05) is 0 Å². The van der Waals surface area contributed by atoms with Gasteiger partial charge in [0.05, 0.1) is 6.10 Å². The second kappa shape index (κ2) is 6.61. The highest BCUT2D eigenvalue weighted by molar-refractivity contribution is 5.84. The molecule has 0 saturated heterocycles. The number of nitrogens with one attached hydrogen (secondary N) is 1. The monoisotopic (exact) mass is 252 g/mol. The van der Waals surface area contributed by atoms with Gasteiger partial charge in [-0.2, -0.15) is 0 Å². The Labute approximate surface area is 105 Å². The third-order valence-electron chi connectivity index (χ3n) is 2.28. The first-order valence-corrected chi connectivity index (χ1v) is 5.45. The third kappa shape index (κ3) is 4.42. The molecule has 1 aromatic carbocycles. The van der Waals surface area contributed by atoms with E-state index in [0.29, 0.717) is 0 Å². The zero-order chi connectivity index (χ0) is 13.5. The Hall–Kier alpha value is -2.08. The van der Waals surface area contributed by atoms with Crippen molar-refractivity contribution in [3.63, 3.8) is 0 Å². The molecule has 0 bridgehead atoms. The molecule has 98 valence electrons. The van der Waals surface area contributed by atoms with Gasteiger partial charge in [-0.1, -0.05) is 30.3 Å². The van der Waals surface area contributed by atoms with Gasteiger partial charge in [0, 0.05) is 0 Å². The zero-order valence-electron chi connectivity index (χ0n) is 10.00. The summed E-state index contributed by atoms with van der Waals surface area (Å²) in [4.78, 5) is 22.3. The minimum Gasteiger partial charge on any atom is -0.445 e. The van der Waals surface area contributed by atoms with E-state index in [1.165, 1.54) is 6.92 Å². The molecule has 2 atom stereocenters. The summed E-state index contributed by atoms with van der Waals surface area (Å²) < 4.78 is 4.89. The van der Waals surface area contributed by atoms with Gasteiger partial charge in [-0.15, -0.1) is 0 Å². The Morgan fingerprint density at radius 1 is 1.39 bits per heavy atom. The second-order valence-electron chi connectivity index (χ2n) is 3.83. The molecule has 0 aliphatic rings. The van der Waals surface area contributed by atoms with Crippen LogP contribution in [0.25, 0.3) is 0 Å². The minimum atomic E-state index is -1.16. The maximum Gasteiger partial charge on any atom is 0.408 e. The van der Waals surface area contributed by atoms with Gasteiger partial charge >= 0.3 is 6.09 Å². The summed E-state index contributed by atoms with van der Waals surface area (Å²) in [5.74, 6) is -0.818. The average Bonchev–Trinajstić information content (AvgIpc) is 2.34. The number of hydrogen-bond donors (Lipinski definition) is 3. The Bertz CT molecular complexity index is 406. The van der Waals surface area contributed by atoms with E-state index in [4.69, 9.17) is 10.5 Å². The molecule has 0 unspecified atom stereocenters. The number of carbonyl (C=O) groups excluding carboxylic acids is 2. The van der Waals surface area contributed by atoms with Crippen LogP contribution in [0.2, 0.25) is 0 Å². The molecule has 0 spiro atoms. The van der Waals surface area contributed by atoms with Crippen molar-refractivity contribution in [1.82, 2.24) is 5.32 Å². The van der Waals surface area contributed by atoms with Crippen molar-refractivity contribution in [2.45, 2.75) is 25.7 Å². The van der Waals surface area contributed by atoms with Crippen LogP contribution in [0.15, 0.2) is 30.3 Å². The van der Waals surface area contributed by atoms with Crippen molar-refractivity contribution in [3.8, 4) is 0 Å².